The van der Waals surface area contributed by atoms with Crippen molar-refractivity contribution >= 4 is 6.47 Å². The normalized spacial score (nSPS) is 18.9. The van der Waals surface area contributed by atoms with Crippen LogP contribution in [-0.2, 0) is 4.79 Å². The van der Waals surface area contributed by atoms with E-state index in [4.69, 9.17) is 9.90 Å². The minimum absolute atomic E-state index is 0.214. The van der Waals surface area contributed by atoms with Crippen molar-refractivity contribution in [2.24, 2.45) is 0 Å². The van der Waals surface area contributed by atoms with E-state index in [0.717, 1.165) is 25.9 Å². The van der Waals surface area contributed by atoms with Crippen molar-refractivity contribution in [3.8, 4) is 0 Å². The summed E-state index contributed by atoms with van der Waals surface area (Å²) >= 11 is 0. The first kappa shape index (κ1) is 9.36. The van der Waals surface area contributed by atoms with E-state index < -0.39 is 6.47 Å². The van der Waals surface area contributed by atoms with Gasteiger partial charge in [0, 0.05) is 6.47 Å². The molecule has 0 aromatic heterocycles. The van der Waals surface area contributed by atoms with Crippen LogP contribution in [0.25, 0.3) is 0 Å². The second kappa shape index (κ2) is 6.48. The molecule has 1 N–H and O–H groups in total. The third-order valence-corrected chi connectivity index (χ3v) is 1.40. The van der Waals surface area contributed by atoms with Crippen LogP contribution >= 0.6 is 0 Å². The summed E-state index contributed by atoms with van der Waals surface area (Å²) in [5, 5.41) is 8.46. The van der Waals surface area contributed by atoms with Crippen LogP contribution in [0.2, 0.25) is 0 Å². The number of carboxylic acid groups (broad SMARTS) is 1. The predicted octanol–water partition coefficient (Wildman–Crippen LogP) is -1.69. The molecule has 0 spiro atoms. The number of nitrogens with one attached hydrogen (secondary N) is 1. The van der Waals surface area contributed by atoms with E-state index in [2.05, 4.69) is 0 Å². The number of hydrogen-bond donors (Lipinski definition) is 1. The lowest BCUT2D eigenvalue weighted by molar-refractivity contribution is -1.04. The van der Waals surface area contributed by atoms with Crippen LogP contribution in [0.4, 0.5) is 4.48 Å². The summed E-state index contributed by atoms with van der Waals surface area (Å²) in [5.74, 6) is 0. The highest BCUT2D eigenvalue weighted by molar-refractivity contribution is 5.29. The molecule has 0 amide bonds. The fourth-order valence-corrected chi connectivity index (χ4v) is 0.935. The maximum atomic E-state index is 12.1. The van der Waals surface area contributed by atoms with Gasteiger partial charge in [0.15, 0.2) is 0 Å². The predicted molar refractivity (Wildman–Crippen MR) is 31.7 cm³/mol. The van der Waals surface area contributed by atoms with Gasteiger partial charge in [-0.3, -0.25) is 0 Å². The zero-order valence-electron chi connectivity index (χ0n) is 5.81. The summed E-state index contributed by atoms with van der Waals surface area (Å²) in [6, 6.07) is 0. The van der Waals surface area contributed by atoms with Gasteiger partial charge in [-0.25, -0.2) is 0 Å². The van der Waals surface area contributed by atoms with E-state index in [1.54, 1.807) is 0 Å². The zero-order chi connectivity index (χ0) is 7.82. The Morgan fingerprint density at radius 3 is 1.90 bits per heavy atom. The molecule has 1 fully saturated rings. The van der Waals surface area contributed by atoms with Gasteiger partial charge in [0.2, 0.25) is 0 Å². The lowest BCUT2D eigenvalue weighted by atomic mass is 10.2. The molecular formula is C6H12FNO2. The molecule has 0 aromatic rings. The molecule has 3 nitrogen and oxygen atoms in total. The Hall–Kier alpha value is -0.640. The number of rotatable bonds is 0. The van der Waals surface area contributed by atoms with Crippen LogP contribution in [0.1, 0.15) is 19.3 Å². The van der Waals surface area contributed by atoms with Crippen LogP contribution in [0.3, 0.4) is 0 Å². The molecule has 10 heavy (non-hydrogen) atoms. The van der Waals surface area contributed by atoms with Crippen LogP contribution in [0.15, 0.2) is 0 Å². The maximum absolute atomic E-state index is 12.1. The monoisotopic (exact) mass is 149 g/mol. The standard InChI is InChI=1S/C5H10FN.CH2O2/c6-7-4-2-1-3-5-7;2-1-3/h1-5H2;1H,(H,2,3). The number of carbonyl (C=O) groups is 1. The van der Waals surface area contributed by atoms with Gasteiger partial charge in [0.25, 0.3) is 0 Å². The Labute approximate surface area is 59.4 Å². The molecule has 1 heterocycles. The van der Waals surface area contributed by atoms with Gasteiger partial charge in [-0.05, 0) is 23.7 Å². The minimum atomic E-state index is -0.500. The largest absolute Gasteiger partial charge is 0.554 e. The van der Waals surface area contributed by atoms with Crippen molar-refractivity contribution in [3.05, 3.63) is 0 Å². The molecule has 0 aromatic carbocycles. The Balaban J connectivity index is 0.000000236. The van der Waals surface area contributed by atoms with E-state index in [0.29, 0.717) is 0 Å². The van der Waals surface area contributed by atoms with E-state index in [1.165, 1.54) is 6.42 Å². The van der Waals surface area contributed by atoms with Crippen LogP contribution in [0, 0.1) is 0 Å². The summed E-state index contributed by atoms with van der Waals surface area (Å²) in [5.41, 5.74) is 0. The summed E-state index contributed by atoms with van der Waals surface area (Å²) < 4.78 is 12.1. The SMILES string of the molecule is F[NH+]1CCCCC1.O=C[O-]. The van der Waals surface area contributed by atoms with Gasteiger partial charge in [0.1, 0.15) is 13.1 Å². The third-order valence-electron chi connectivity index (χ3n) is 1.40. The Kier molecular flexibility index (Phi) is 6.06. The van der Waals surface area contributed by atoms with Gasteiger partial charge < -0.3 is 9.90 Å². The Bertz CT molecular complexity index is 83.8. The van der Waals surface area contributed by atoms with Crippen molar-refractivity contribution < 1.29 is 19.5 Å². The summed E-state index contributed by atoms with van der Waals surface area (Å²) in [4.78, 5) is 8.25. The number of carbonyl (C=O) groups excluding carboxylic acids is 1. The molecule has 0 atom stereocenters. The number of piperidine rings is 1. The Morgan fingerprint density at radius 1 is 1.30 bits per heavy atom. The lowest BCUT2D eigenvalue weighted by Crippen LogP contribution is -3.05. The van der Waals surface area contributed by atoms with Crippen molar-refractivity contribution in [3.63, 3.8) is 0 Å². The van der Waals surface area contributed by atoms with Crippen molar-refractivity contribution in [2.75, 3.05) is 13.1 Å². The fraction of sp³-hybridized carbons (Fsp3) is 0.833. The van der Waals surface area contributed by atoms with E-state index in [-0.39, 0.29) is 5.12 Å². The van der Waals surface area contributed by atoms with E-state index in [1.807, 2.05) is 0 Å². The highest BCUT2D eigenvalue weighted by Crippen LogP contribution is 1.93. The first-order valence-electron chi connectivity index (χ1n) is 3.37. The average molecular weight is 149 g/mol. The van der Waals surface area contributed by atoms with Gasteiger partial charge in [-0.15, -0.1) is 5.12 Å². The molecule has 1 aliphatic rings. The molecule has 4 heteroatoms. The van der Waals surface area contributed by atoms with Crippen LogP contribution in [-0.4, -0.2) is 19.6 Å². The fourth-order valence-electron chi connectivity index (χ4n) is 0.935. The summed E-state index contributed by atoms with van der Waals surface area (Å²) in [6.07, 6.45) is 3.38. The molecule has 1 aliphatic heterocycles. The third kappa shape index (κ3) is 5.50. The first-order chi connectivity index (χ1) is 4.81. The van der Waals surface area contributed by atoms with Crippen molar-refractivity contribution in [2.45, 2.75) is 19.3 Å². The second-order valence-electron chi connectivity index (χ2n) is 2.17. The van der Waals surface area contributed by atoms with E-state index >= 15 is 0 Å². The molecule has 0 radical (unpaired) electrons. The van der Waals surface area contributed by atoms with Crippen LogP contribution < -0.4 is 10.2 Å². The van der Waals surface area contributed by atoms with Gasteiger partial charge >= 0.3 is 0 Å². The minimum Gasteiger partial charge on any atom is -0.554 e. The van der Waals surface area contributed by atoms with Gasteiger partial charge in [0.05, 0.1) is 0 Å². The van der Waals surface area contributed by atoms with Crippen molar-refractivity contribution in [1.82, 2.24) is 0 Å². The summed E-state index contributed by atoms with van der Waals surface area (Å²) in [6.45, 7) is 0.972. The smallest absolute Gasteiger partial charge is 0.113 e. The first-order valence-corrected chi connectivity index (χ1v) is 3.37. The average Bonchev–Trinajstić information content (AvgIpc) is 1.91. The van der Waals surface area contributed by atoms with Gasteiger partial charge in [-0.2, -0.15) is 0 Å². The molecule has 1 saturated heterocycles. The topological polar surface area (TPSA) is 44.6 Å². The lowest BCUT2D eigenvalue weighted by Gasteiger charge is -2.11. The molecule has 0 aliphatic carbocycles. The quantitative estimate of drug-likeness (QED) is 0.330. The van der Waals surface area contributed by atoms with E-state index in [9.17, 15) is 4.48 Å². The Morgan fingerprint density at radius 2 is 1.70 bits per heavy atom. The highest BCUT2D eigenvalue weighted by Gasteiger charge is 2.10. The summed E-state index contributed by atoms with van der Waals surface area (Å²) in [7, 11) is 0. The zero-order valence-corrected chi connectivity index (χ0v) is 5.81. The van der Waals surface area contributed by atoms with Crippen LogP contribution in [0.5, 0.6) is 0 Å². The molecule has 0 unspecified atom stereocenters. The number of halogens is 1. The molecule has 0 bridgehead atoms. The molecule has 60 valence electrons. The second-order valence-corrected chi connectivity index (χ2v) is 2.17. The number of hydrogen-bond acceptors (Lipinski definition) is 2. The number of quaternary nitrogens is 1. The van der Waals surface area contributed by atoms with Crippen molar-refractivity contribution in [1.29, 1.82) is 0 Å². The molecule has 0 saturated carbocycles. The highest BCUT2D eigenvalue weighted by atomic mass is 19.2. The molecule has 1 rings (SSSR count). The maximum Gasteiger partial charge on any atom is 0.113 e. The van der Waals surface area contributed by atoms with Gasteiger partial charge in [-0.1, -0.05) is 0 Å². The molecular weight excluding hydrogens is 137 g/mol.